The maximum Gasteiger partial charge on any atom is 0.240 e. The van der Waals surface area contributed by atoms with Crippen LogP contribution in [-0.4, -0.2) is 19.8 Å². The van der Waals surface area contributed by atoms with E-state index in [1.54, 1.807) is 0 Å². The summed E-state index contributed by atoms with van der Waals surface area (Å²) in [6.07, 6.45) is 1.69. The van der Waals surface area contributed by atoms with E-state index in [2.05, 4.69) is 20.7 Å². The number of rotatable bonds is 6. The molecule has 0 spiro atoms. The van der Waals surface area contributed by atoms with E-state index in [1.807, 2.05) is 6.92 Å². The molecule has 3 nitrogen and oxygen atoms in total. The zero-order valence-electron chi connectivity index (χ0n) is 9.79. The van der Waals surface area contributed by atoms with Gasteiger partial charge in [-0.05, 0) is 31.0 Å². The molecule has 0 aliphatic carbocycles. The second kappa shape index (κ2) is 7.10. The number of sulfonamides is 1. The van der Waals surface area contributed by atoms with E-state index in [1.165, 1.54) is 18.2 Å². The molecule has 0 bridgehead atoms. The van der Waals surface area contributed by atoms with Crippen LogP contribution in [0.2, 0.25) is 10.0 Å². The van der Waals surface area contributed by atoms with E-state index < -0.39 is 10.0 Å². The highest BCUT2D eigenvalue weighted by Crippen LogP contribution is 2.24. The number of hydrogen-bond donors (Lipinski definition) is 1. The first-order chi connectivity index (χ1) is 8.36. The van der Waals surface area contributed by atoms with Crippen LogP contribution < -0.4 is 4.72 Å². The molecule has 0 aliphatic heterocycles. The Morgan fingerprint density at radius 1 is 1.33 bits per heavy atom. The average Bonchev–Trinajstić information content (AvgIpc) is 2.32. The van der Waals surface area contributed by atoms with Crippen molar-refractivity contribution in [1.82, 2.24) is 4.72 Å². The van der Waals surface area contributed by atoms with Crippen LogP contribution in [0.5, 0.6) is 0 Å². The van der Waals surface area contributed by atoms with Crippen molar-refractivity contribution in [2.75, 3.05) is 6.54 Å². The fourth-order valence-electron chi connectivity index (χ4n) is 1.28. The first-order valence-electron chi connectivity index (χ1n) is 5.45. The molecule has 1 aromatic carbocycles. The molecular weight excluding hydrogens is 361 g/mol. The molecule has 0 fully saturated rings. The molecule has 1 rings (SSSR count). The Bertz CT molecular complexity index is 508. The van der Waals surface area contributed by atoms with Crippen molar-refractivity contribution in [3.05, 3.63) is 28.2 Å². The Morgan fingerprint density at radius 3 is 2.56 bits per heavy atom. The average molecular weight is 375 g/mol. The van der Waals surface area contributed by atoms with E-state index in [0.717, 1.165) is 12.8 Å². The van der Waals surface area contributed by atoms with Crippen molar-refractivity contribution in [2.45, 2.75) is 29.5 Å². The molecule has 7 heteroatoms. The molecule has 1 N–H and O–H groups in total. The number of hydrogen-bond acceptors (Lipinski definition) is 2. The molecule has 1 atom stereocenters. The van der Waals surface area contributed by atoms with Crippen LogP contribution in [0.4, 0.5) is 0 Å². The zero-order valence-corrected chi connectivity index (χ0v) is 13.7. The van der Waals surface area contributed by atoms with Crippen LogP contribution in [0.3, 0.4) is 0 Å². The Balaban J connectivity index is 2.71. The molecule has 102 valence electrons. The van der Waals surface area contributed by atoms with Crippen molar-refractivity contribution in [3.8, 4) is 0 Å². The Morgan fingerprint density at radius 2 is 2.00 bits per heavy atom. The van der Waals surface area contributed by atoms with E-state index in [0.29, 0.717) is 16.4 Å². The number of alkyl halides is 1. The van der Waals surface area contributed by atoms with Gasteiger partial charge in [-0.3, -0.25) is 0 Å². The largest absolute Gasteiger partial charge is 0.240 e. The summed E-state index contributed by atoms with van der Waals surface area (Å²) in [7, 11) is -3.52. The molecule has 0 aromatic heterocycles. The number of nitrogens with one attached hydrogen (secondary N) is 1. The smallest absolute Gasteiger partial charge is 0.211 e. The quantitative estimate of drug-likeness (QED) is 0.769. The zero-order chi connectivity index (χ0) is 13.8. The molecule has 0 radical (unpaired) electrons. The van der Waals surface area contributed by atoms with Gasteiger partial charge in [0.1, 0.15) is 0 Å². The molecule has 1 unspecified atom stereocenters. The molecule has 1 aromatic rings. The summed E-state index contributed by atoms with van der Waals surface area (Å²) in [5, 5.41) is 0.564. The van der Waals surface area contributed by atoms with Crippen LogP contribution in [0, 0.1) is 0 Å². The molecule has 0 saturated carbocycles. The fraction of sp³-hybridized carbons (Fsp3) is 0.455. The third-order valence-corrected chi connectivity index (χ3v) is 5.70. The third-order valence-electron chi connectivity index (χ3n) is 2.39. The second-order valence-corrected chi connectivity index (χ2v) is 7.64. The summed E-state index contributed by atoms with van der Waals surface area (Å²) in [4.78, 5) is 0.438. The van der Waals surface area contributed by atoms with Crippen molar-refractivity contribution < 1.29 is 8.42 Å². The fourth-order valence-corrected chi connectivity index (χ4v) is 2.95. The summed E-state index contributed by atoms with van der Waals surface area (Å²) in [6.45, 7) is 2.42. The maximum atomic E-state index is 11.9. The first kappa shape index (κ1) is 16.2. The van der Waals surface area contributed by atoms with Gasteiger partial charge in [-0.2, -0.15) is 0 Å². The second-order valence-electron chi connectivity index (χ2n) is 3.77. The van der Waals surface area contributed by atoms with Crippen molar-refractivity contribution in [1.29, 1.82) is 0 Å². The van der Waals surface area contributed by atoms with E-state index in [-0.39, 0.29) is 9.92 Å². The van der Waals surface area contributed by atoms with Gasteiger partial charge in [0.25, 0.3) is 0 Å². The van der Waals surface area contributed by atoms with E-state index >= 15 is 0 Å². The van der Waals surface area contributed by atoms with Crippen LogP contribution in [-0.2, 0) is 10.0 Å². The van der Waals surface area contributed by atoms with Crippen molar-refractivity contribution >= 4 is 49.2 Å². The number of halogens is 3. The minimum Gasteiger partial charge on any atom is -0.211 e. The van der Waals surface area contributed by atoms with E-state index in [4.69, 9.17) is 23.2 Å². The molecule has 0 heterocycles. The molecule has 0 saturated heterocycles. The summed E-state index contributed by atoms with van der Waals surface area (Å²) in [6, 6.07) is 4.25. The highest BCUT2D eigenvalue weighted by atomic mass is 79.9. The predicted octanol–water partition coefficient (Wildman–Crippen LogP) is 3.84. The third kappa shape index (κ3) is 4.70. The standard InChI is InChI=1S/C11H14BrCl2NO2S/c1-2-8(12)5-6-15-18(16,17)9-3-4-10(13)11(14)7-9/h3-4,7-8,15H,2,5-6H2,1H3. The van der Waals surface area contributed by atoms with Gasteiger partial charge in [-0.1, -0.05) is 46.1 Å². The Hall–Kier alpha value is 0.190. The lowest BCUT2D eigenvalue weighted by atomic mass is 10.2. The minimum atomic E-state index is -3.52. The van der Waals surface area contributed by atoms with Gasteiger partial charge in [-0.15, -0.1) is 0 Å². The Kier molecular flexibility index (Phi) is 6.41. The molecular formula is C11H14BrCl2NO2S. The Labute approximate surface area is 126 Å². The van der Waals surface area contributed by atoms with Gasteiger partial charge in [0, 0.05) is 11.4 Å². The normalized spacial score (nSPS) is 13.6. The van der Waals surface area contributed by atoms with Crippen LogP contribution in [0.1, 0.15) is 19.8 Å². The molecule has 0 amide bonds. The predicted molar refractivity (Wildman–Crippen MR) is 79.3 cm³/mol. The monoisotopic (exact) mass is 373 g/mol. The van der Waals surface area contributed by atoms with E-state index in [9.17, 15) is 8.42 Å². The minimum absolute atomic E-state index is 0.125. The first-order valence-corrected chi connectivity index (χ1v) is 8.61. The highest BCUT2D eigenvalue weighted by Gasteiger charge is 2.15. The lowest BCUT2D eigenvalue weighted by Gasteiger charge is -2.09. The van der Waals surface area contributed by atoms with Gasteiger partial charge >= 0.3 is 0 Å². The maximum absolute atomic E-state index is 11.9. The lowest BCUT2D eigenvalue weighted by molar-refractivity contribution is 0.577. The van der Waals surface area contributed by atoms with Crippen LogP contribution >= 0.6 is 39.1 Å². The topological polar surface area (TPSA) is 46.2 Å². The van der Waals surface area contributed by atoms with Gasteiger partial charge < -0.3 is 0 Å². The van der Waals surface area contributed by atoms with Crippen molar-refractivity contribution in [3.63, 3.8) is 0 Å². The summed E-state index contributed by atoms with van der Waals surface area (Å²) in [5.74, 6) is 0. The van der Waals surface area contributed by atoms with Gasteiger partial charge in [0.2, 0.25) is 10.0 Å². The van der Waals surface area contributed by atoms with Crippen LogP contribution in [0.25, 0.3) is 0 Å². The van der Waals surface area contributed by atoms with Gasteiger partial charge in [0.15, 0.2) is 0 Å². The highest BCUT2D eigenvalue weighted by molar-refractivity contribution is 9.09. The van der Waals surface area contributed by atoms with Crippen LogP contribution in [0.15, 0.2) is 23.1 Å². The van der Waals surface area contributed by atoms with Gasteiger partial charge in [0.05, 0.1) is 14.9 Å². The molecule has 18 heavy (non-hydrogen) atoms. The molecule has 0 aliphatic rings. The summed E-state index contributed by atoms with van der Waals surface area (Å²) >= 11 is 15.0. The summed E-state index contributed by atoms with van der Waals surface area (Å²) in [5.41, 5.74) is 0. The SMILES string of the molecule is CCC(Br)CCNS(=O)(=O)c1ccc(Cl)c(Cl)c1. The van der Waals surface area contributed by atoms with Crippen molar-refractivity contribution in [2.24, 2.45) is 0 Å². The lowest BCUT2D eigenvalue weighted by Crippen LogP contribution is -2.26. The summed E-state index contributed by atoms with van der Waals surface area (Å²) < 4.78 is 26.4. The number of benzene rings is 1. The van der Waals surface area contributed by atoms with Gasteiger partial charge in [-0.25, -0.2) is 13.1 Å².